The van der Waals surface area contributed by atoms with Gasteiger partial charge >= 0.3 is 0 Å². The molecule has 0 fully saturated rings. The molecule has 2 nitrogen and oxygen atoms in total. The first-order valence-corrected chi connectivity index (χ1v) is 4.22. The van der Waals surface area contributed by atoms with Crippen LogP contribution in [0.1, 0.15) is 0 Å². The second-order valence-electron chi connectivity index (χ2n) is 2.47. The van der Waals surface area contributed by atoms with Gasteiger partial charge in [0.25, 0.3) is 0 Å². The van der Waals surface area contributed by atoms with Crippen LogP contribution in [0.3, 0.4) is 0 Å². The summed E-state index contributed by atoms with van der Waals surface area (Å²) < 4.78 is 13.6. The van der Waals surface area contributed by atoms with Gasteiger partial charge < -0.3 is 10.8 Å². The van der Waals surface area contributed by atoms with Crippen molar-refractivity contribution in [2.24, 2.45) is 0 Å². The second kappa shape index (κ2) is 2.35. The Morgan fingerprint density at radius 2 is 2.17 bits per heavy atom. The number of benzene rings is 1. The van der Waals surface area contributed by atoms with Crippen LogP contribution in [-0.4, -0.2) is 5.11 Å². The van der Waals surface area contributed by atoms with Crippen LogP contribution in [0, 0.1) is 5.82 Å². The molecule has 12 heavy (non-hydrogen) atoms. The predicted molar refractivity (Wildman–Crippen MR) is 47.9 cm³/mol. The monoisotopic (exact) mass is 183 g/mol. The molecule has 0 radical (unpaired) electrons. The average molecular weight is 183 g/mol. The lowest BCUT2D eigenvalue weighted by atomic mass is 10.2. The van der Waals surface area contributed by atoms with Crippen LogP contribution in [-0.2, 0) is 0 Å². The van der Waals surface area contributed by atoms with E-state index in [0.29, 0.717) is 10.1 Å². The smallest absolute Gasteiger partial charge is 0.163 e. The van der Waals surface area contributed by atoms with Gasteiger partial charge in [0.1, 0.15) is 5.75 Å². The molecule has 0 spiro atoms. The molecule has 4 heteroatoms. The summed E-state index contributed by atoms with van der Waals surface area (Å²) >= 11 is 1.15. The van der Waals surface area contributed by atoms with Crippen molar-refractivity contribution in [3.05, 3.63) is 23.3 Å². The van der Waals surface area contributed by atoms with Crippen molar-refractivity contribution in [2.45, 2.75) is 0 Å². The number of rotatable bonds is 0. The summed E-state index contributed by atoms with van der Waals surface area (Å²) in [5.74, 6) is -0.341. The SMILES string of the molecule is Nc1ccc2c(O)csc2c1F. The first-order valence-electron chi connectivity index (χ1n) is 3.34. The highest BCUT2D eigenvalue weighted by Crippen LogP contribution is 2.34. The van der Waals surface area contributed by atoms with E-state index in [4.69, 9.17) is 5.73 Å². The van der Waals surface area contributed by atoms with Gasteiger partial charge in [-0.2, -0.15) is 0 Å². The van der Waals surface area contributed by atoms with Gasteiger partial charge in [0.15, 0.2) is 5.82 Å². The first kappa shape index (κ1) is 7.36. The van der Waals surface area contributed by atoms with Crippen molar-refractivity contribution in [1.29, 1.82) is 0 Å². The summed E-state index contributed by atoms with van der Waals surface area (Å²) in [5, 5.41) is 11.2. The van der Waals surface area contributed by atoms with E-state index < -0.39 is 5.82 Å². The van der Waals surface area contributed by atoms with Crippen LogP contribution in [0.25, 0.3) is 10.1 Å². The molecule has 0 amide bonds. The zero-order chi connectivity index (χ0) is 8.72. The van der Waals surface area contributed by atoms with Crippen LogP contribution < -0.4 is 5.73 Å². The third-order valence-electron chi connectivity index (χ3n) is 1.69. The fourth-order valence-electron chi connectivity index (χ4n) is 1.07. The summed E-state index contributed by atoms with van der Waals surface area (Å²) in [4.78, 5) is 0. The number of anilines is 1. The zero-order valence-electron chi connectivity index (χ0n) is 6.04. The molecule has 0 saturated heterocycles. The van der Waals surface area contributed by atoms with E-state index >= 15 is 0 Å². The molecule has 0 aliphatic heterocycles. The maximum atomic E-state index is 13.2. The normalized spacial score (nSPS) is 10.8. The van der Waals surface area contributed by atoms with Gasteiger partial charge in [-0.25, -0.2) is 4.39 Å². The Labute approximate surface area is 72.1 Å². The van der Waals surface area contributed by atoms with Gasteiger partial charge in [0.05, 0.1) is 10.4 Å². The molecule has 3 N–H and O–H groups in total. The predicted octanol–water partition coefficient (Wildman–Crippen LogP) is 2.33. The van der Waals surface area contributed by atoms with Gasteiger partial charge in [-0.1, -0.05) is 0 Å². The number of fused-ring (bicyclic) bond motifs is 1. The van der Waals surface area contributed by atoms with Crippen molar-refractivity contribution in [3.63, 3.8) is 0 Å². The van der Waals surface area contributed by atoms with E-state index in [1.165, 1.54) is 11.4 Å². The standard InChI is InChI=1S/C8H6FNOS/c9-7-5(10)2-1-4-6(11)3-12-8(4)7/h1-3,11H,10H2. The topological polar surface area (TPSA) is 46.2 Å². The fraction of sp³-hybridized carbons (Fsp3) is 0. The minimum Gasteiger partial charge on any atom is -0.506 e. The molecule has 0 aliphatic rings. The summed E-state index contributed by atoms with van der Waals surface area (Å²) in [5.41, 5.74) is 5.46. The van der Waals surface area contributed by atoms with Gasteiger partial charge in [0, 0.05) is 10.8 Å². The minimum atomic E-state index is -0.446. The highest BCUT2D eigenvalue weighted by atomic mass is 32.1. The van der Waals surface area contributed by atoms with Crippen molar-refractivity contribution >= 4 is 27.1 Å². The van der Waals surface area contributed by atoms with E-state index in [2.05, 4.69) is 0 Å². The molecule has 0 atom stereocenters. The first-order chi connectivity index (χ1) is 5.70. The summed E-state index contributed by atoms with van der Waals surface area (Å²) in [7, 11) is 0. The zero-order valence-corrected chi connectivity index (χ0v) is 6.86. The molecule has 1 heterocycles. The Morgan fingerprint density at radius 3 is 2.92 bits per heavy atom. The number of hydrogen-bond donors (Lipinski definition) is 2. The highest BCUT2D eigenvalue weighted by Gasteiger charge is 2.09. The lowest BCUT2D eigenvalue weighted by molar-refractivity contribution is 0.483. The molecule has 1 aromatic heterocycles. The second-order valence-corrected chi connectivity index (χ2v) is 3.35. The number of halogens is 1. The Bertz CT molecular complexity index is 438. The summed E-state index contributed by atoms with van der Waals surface area (Å²) in [6, 6.07) is 3.06. The number of nitrogen functional groups attached to an aromatic ring is 1. The van der Waals surface area contributed by atoms with Crippen molar-refractivity contribution in [2.75, 3.05) is 5.73 Å². The molecule has 62 valence electrons. The molecule has 2 rings (SSSR count). The van der Waals surface area contributed by atoms with Crippen LogP contribution in [0.4, 0.5) is 10.1 Å². The van der Waals surface area contributed by atoms with E-state index in [-0.39, 0.29) is 11.4 Å². The van der Waals surface area contributed by atoms with Gasteiger partial charge in [-0.05, 0) is 12.1 Å². The van der Waals surface area contributed by atoms with E-state index in [1.807, 2.05) is 0 Å². The number of aromatic hydroxyl groups is 1. The molecular weight excluding hydrogens is 177 g/mol. The maximum Gasteiger partial charge on any atom is 0.163 e. The number of thiophene rings is 1. The average Bonchev–Trinajstić information content (AvgIpc) is 2.41. The Morgan fingerprint density at radius 1 is 1.42 bits per heavy atom. The fourth-order valence-corrected chi connectivity index (χ4v) is 1.94. The van der Waals surface area contributed by atoms with Crippen molar-refractivity contribution in [3.8, 4) is 5.75 Å². The molecule has 0 saturated carbocycles. The minimum absolute atomic E-state index is 0.105. The molecular formula is C8H6FNOS. The Kier molecular flexibility index (Phi) is 1.44. The summed E-state index contributed by atoms with van der Waals surface area (Å²) in [6.07, 6.45) is 0. The van der Waals surface area contributed by atoms with Gasteiger partial charge in [-0.3, -0.25) is 0 Å². The molecule has 2 aromatic rings. The van der Waals surface area contributed by atoms with Crippen LogP contribution >= 0.6 is 11.3 Å². The largest absolute Gasteiger partial charge is 0.506 e. The van der Waals surface area contributed by atoms with E-state index in [9.17, 15) is 9.50 Å². The van der Waals surface area contributed by atoms with Crippen LogP contribution in [0.5, 0.6) is 5.75 Å². The molecule has 0 unspecified atom stereocenters. The maximum absolute atomic E-state index is 13.2. The van der Waals surface area contributed by atoms with E-state index in [0.717, 1.165) is 11.3 Å². The Hall–Kier alpha value is -1.29. The van der Waals surface area contributed by atoms with E-state index in [1.54, 1.807) is 6.07 Å². The lowest BCUT2D eigenvalue weighted by Gasteiger charge is -1.96. The molecule has 0 bridgehead atoms. The third-order valence-corrected chi connectivity index (χ3v) is 2.67. The number of nitrogens with two attached hydrogens (primary N) is 1. The summed E-state index contributed by atoms with van der Waals surface area (Å²) in [6.45, 7) is 0. The molecule has 1 aromatic carbocycles. The highest BCUT2D eigenvalue weighted by molar-refractivity contribution is 7.17. The van der Waals surface area contributed by atoms with Gasteiger partial charge in [0.2, 0.25) is 0 Å². The van der Waals surface area contributed by atoms with Crippen molar-refractivity contribution < 1.29 is 9.50 Å². The van der Waals surface area contributed by atoms with Crippen LogP contribution in [0.15, 0.2) is 17.5 Å². The molecule has 0 aliphatic carbocycles. The third kappa shape index (κ3) is 0.848. The lowest BCUT2D eigenvalue weighted by Crippen LogP contribution is -1.88. The van der Waals surface area contributed by atoms with Crippen molar-refractivity contribution in [1.82, 2.24) is 0 Å². The quantitative estimate of drug-likeness (QED) is 0.616. The van der Waals surface area contributed by atoms with Gasteiger partial charge in [-0.15, -0.1) is 11.3 Å². The van der Waals surface area contributed by atoms with Crippen LogP contribution in [0.2, 0.25) is 0 Å². The Balaban J connectivity index is 2.93. The number of hydrogen-bond acceptors (Lipinski definition) is 3.